The summed E-state index contributed by atoms with van der Waals surface area (Å²) in [5.41, 5.74) is 1.03. The van der Waals surface area contributed by atoms with Gasteiger partial charge in [-0.05, 0) is 5.56 Å². The monoisotopic (exact) mass is 161 g/mol. The molecular formula is C10H11NO. The van der Waals surface area contributed by atoms with Gasteiger partial charge in [0.1, 0.15) is 6.61 Å². The lowest BCUT2D eigenvalue weighted by Gasteiger charge is -1.91. The molecule has 0 heterocycles. The van der Waals surface area contributed by atoms with E-state index in [1.54, 1.807) is 12.3 Å². The van der Waals surface area contributed by atoms with E-state index in [1.807, 2.05) is 30.3 Å². The summed E-state index contributed by atoms with van der Waals surface area (Å²) < 4.78 is 0. The summed E-state index contributed by atoms with van der Waals surface area (Å²) in [6.07, 6.45) is 3.33. The molecular weight excluding hydrogens is 150 g/mol. The molecule has 0 atom stereocenters. The number of hydrogen-bond acceptors (Lipinski definition) is 2. The normalized spacial score (nSPS) is 10.0. The SMILES string of the molecule is C=CCON=Cc1ccccc1. The van der Waals surface area contributed by atoms with Crippen LogP contribution in [0.15, 0.2) is 48.1 Å². The van der Waals surface area contributed by atoms with Crippen LogP contribution < -0.4 is 0 Å². The third kappa shape index (κ3) is 3.01. The van der Waals surface area contributed by atoms with E-state index >= 15 is 0 Å². The first kappa shape index (κ1) is 8.53. The van der Waals surface area contributed by atoms with Crippen molar-refractivity contribution in [3.8, 4) is 0 Å². The maximum Gasteiger partial charge on any atom is 0.135 e. The molecule has 1 aromatic carbocycles. The van der Waals surface area contributed by atoms with Crippen LogP contribution in [0.3, 0.4) is 0 Å². The number of oxime groups is 1. The fraction of sp³-hybridized carbons (Fsp3) is 0.100. The minimum Gasteiger partial charge on any atom is -0.392 e. The standard InChI is InChI=1S/C10H11NO/c1-2-8-12-11-9-10-6-4-3-5-7-10/h2-7,9H,1,8H2. The molecule has 0 saturated heterocycles. The first-order valence-corrected chi connectivity index (χ1v) is 3.75. The van der Waals surface area contributed by atoms with E-state index in [-0.39, 0.29) is 0 Å². The highest BCUT2D eigenvalue weighted by Crippen LogP contribution is 1.93. The van der Waals surface area contributed by atoms with Gasteiger partial charge < -0.3 is 4.84 Å². The molecule has 0 unspecified atom stereocenters. The number of hydrogen-bond donors (Lipinski definition) is 0. The second kappa shape index (κ2) is 5.13. The van der Waals surface area contributed by atoms with Gasteiger partial charge in [-0.25, -0.2) is 0 Å². The largest absolute Gasteiger partial charge is 0.392 e. The number of benzene rings is 1. The molecule has 0 N–H and O–H groups in total. The molecule has 2 nitrogen and oxygen atoms in total. The van der Waals surface area contributed by atoms with Crippen molar-refractivity contribution in [2.45, 2.75) is 0 Å². The summed E-state index contributed by atoms with van der Waals surface area (Å²) in [6, 6.07) is 9.78. The zero-order valence-electron chi connectivity index (χ0n) is 6.81. The summed E-state index contributed by atoms with van der Waals surface area (Å²) in [5.74, 6) is 0. The Kier molecular flexibility index (Phi) is 3.64. The zero-order chi connectivity index (χ0) is 8.65. The highest BCUT2D eigenvalue weighted by atomic mass is 16.6. The van der Waals surface area contributed by atoms with Gasteiger partial charge in [0, 0.05) is 0 Å². The van der Waals surface area contributed by atoms with Crippen LogP contribution in [-0.2, 0) is 4.84 Å². The second-order valence-electron chi connectivity index (χ2n) is 2.23. The Morgan fingerprint density at radius 2 is 2.08 bits per heavy atom. The summed E-state index contributed by atoms with van der Waals surface area (Å²) in [4.78, 5) is 4.84. The first-order valence-electron chi connectivity index (χ1n) is 3.75. The van der Waals surface area contributed by atoms with Crippen LogP contribution >= 0.6 is 0 Å². The first-order chi connectivity index (χ1) is 5.93. The van der Waals surface area contributed by atoms with Gasteiger partial charge in [-0.1, -0.05) is 48.1 Å². The minimum atomic E-state index is 0.448. The lowest BCUT2D eigenvalue weighted by atomic mass is 10.2. The molecule has 0 aliphatic rings. The zero-order valence-corrected chi connectivity index (χ0v) is 6.81. The molecule has 0 fully saturated rings. The van der Waals surface area contributed by atoms with Crippen LogP contribution in [0.5, 0.6) is 0 Å². The van der Waals surface area contributed by atoms with Gasteiger partial charge in [-0.3, -0.25) is 0 Å². The molecule has 0 spiro atoms. The van der Waals surface area contributed by atoms with Gasteiger partial charge in [0.15, 0.2) is 0 Å². The van der Waals surface area contributed by atoms with Gasteiger partial charge in [-0.2, -0.15) is 0 Å². The Labute approximate surface area is 72.2 Å². The van der Waals surface area contributed by atoms with Gasteiger partial charge >= 0.3 is 0 Å². The van der Waals surface area contributed by atoms with Crippen molar-refractivity contribution < 1.29 is 4.84 Å². The third-order valence-corrected chi connectivity index (χ3v) is 1.27. The average Bonchev–Trinajstić information content (AvgIpc) is 2.14. The number of rotatable bonds is 4. The van der Waals surface area contributed by atoms with Crippen LogP contribution in [0.25, 0.3) is 0 Å². The molecule has 12 heavy (non-hydrogen) atoms. The lowest BCUT2D eigenvalue weighted by molar-refractivity contribution is 0.176. The Bertz CT molecular complexity index is 254. The van der Waals surface area contributed by atoms with Crippen LogP contribution in [-0.4, -0.2) is 12.8 Å². The summed E-state index contributed by atoms with van der Waals surface area (Å²) in [5, 5.41) is 3.74. The van der Waals surface area contributed by atoms with Gasteiger partial charge in [0.05, 0.1) is 6.21 Å². The predicted molar refractivity (Wildman–Crippen MR) is 50.2 cm³/mol. The van der Waals surface area contributed by atoms with Crippen molar-refractivity contribution in [2.24, 2.45) is 5.16 Å². The van der Waals surface area contributed by atoms with Crippen LogP contribution in [0.2, 0.25) is 0 Å². The quantitative estimate of drug-likeness (QED) is 0.287. The van der Waals surface area contributed by atoms with Crippen molar-refractivity contribution in [1.29, 1.82) is 0 Å². The molecule has 0 aliphatic carbocycles. The van der Waals surface area contributed by atoms with Crippen molar-refractivity contribution in [3.05, 3.63) is 48.6 Å². The maximum absolute atomic E-state index is 4.84. The third-order valence-electron chi connectivity index (χ3n) is 1.27. The van der Waals surface area contributed by atoms with E-state index in [0.717, 1.165) is 5.56 Å². The van der Waals surface area contributed by atoms with Crippen LogP contribution in [0, 0.1) is 0 Å². The van der Waals surface area contributed by atoms with E-state index < -0.39 is 0 Å². The maximum atomic E-state index is 4.84. The van der Waals surface area contributed by atoms with E-state index in [2.05, 4.69) is 11.7 Å². The highest BCUT2D eigenvalue weighted by molar-refractivity contribution is 5.78. The molecule has 0 aliphatic heterocycles. The molecule has 0 bridgehead atoms. The fourth-order valence-corrected chi connectivity index (χ4v) is 0.733. The Morgan fingerprint density at radius 1 is 1.33 bits per heavy atom. The van der Waals surface area contributed by atoms with Crippen molar-refractivity contribution in [2.75, 3.05) is 6.61 Å². The summed E-state index contributed by atoms with van der Waals surface area (Å²) >= 11 is 0. The van der Waals surface area contributed by atoms with Gasteiger partial charge in [0.25, 0.3) is 0 Å². The second-order valence-corrected chi connectivity index (χ2v) is 2.23. The van der Waals surface area contributed by atoms with Crippen molar-refractivity contribution in [1.82, 2.24) is 0 Å². The highest BCUT2D eigenvalue weighted by Gasteiger charge is 1.82. The molecule has 62 valence electrons. The van der Waals surface area contributed by atoms with E-state index in [4.69, 9.17) is 4.84 Å². The van der Waals surface area contributed by atoms with E-state index in [9.17, 15) is 0 Å². The van der Waals surface area contributed by atoms with Crippen LogP contribution in [0.4, 0.5) is 0 Å². The smallest absolute Gasteiger partial charge is 0.135 e. The fourth-order valence-electron chi connectivity index (χ4n) is 0.733. The molecule has 0 aromatic heterocycles. The Morgan fingerprint density at radius 3 is 2.75 bits per heavy atom. The predicted octanol–water partition coefficient (Wildman–Crippen LogP) is 2.22. The average molecular weight is 161 g/mol. The minimum absolute atomic E-state index is 0.448. The molecule has 0 saturated carbocycles. The molecule has 1 aromatic rings. The van der Waals surface area contributed by atoms with Crippen molar-refractivity contribution in [3.63, 3.8) is 0 Å². The molecule has 0 amide bonds. The number of nitrogens with zero attached hydrogens (tertiary/aromatic N) is 1. The summed E-state index contributed by atoms with van der Waals surface area (Å²) in [7, 11) is 0. The van der Waals surface area contributed by atoms with Crippen molar-refractivity contribution >= 4 is 6.21 Å². The van der Waals surface area contributed by atoms with Gasteiger partial charge in [0.2, 0.25) is 0 Å². The van der Waals surface area contributed by atoms with E-state index in [1.165, 1.54) is 0 Å². The summed E-state index contributed by atoms with van der Waals surface area (Å²) in [6.45, 7) is 3.95. The van der Waals surface area contributed by atoms with Crippen LogP contribution in [0.1, 0.15) is 5.56 Å². The van der Waals surface area contributed by atoms with E-state index in [0.29, 0.717) is 6.61 Å². The van der Waals surface area contributed by atoms with Gasteiger partial charge in [-0.15, -0.1) is 0 Å². The molecule has 0 radical (unpaired) electrons. The Balaban J connectivity index is 2.41. The molecule has 1 rings (SSSR count). The lowest BCUT2D eigenvalue weighted by Crippen LogP contribution is -1.83. The topological polar surface area (TPSA) is 21.6 Å². The molecule has 2 heteroatoms. The Hall–Kier alpha value is -1.57.